The maximum absolute atomic E-state index is 11.0. The third-order valence-electron chi connectivity index (χ3n) is 2.71. The molecule has 1 N–H and O–H groups in total. The number of sulfone groups is 1. The number of hydrogen-bond acceptors (Lipinski definition) is 3. The van der Waals surface area contributed by atoms with Gasteiger partial charge in [0.05, 0.1) is 5.75 Å². The molecule has 3 nitrogen and oxygen atoms in total. The lowest BCUT2D eigenvalue weighted by atomic mass is 10.0. The highest BCUT2D eigenvalue weighted by Crippen LogP contribution is 2.48. The van der Waals surface area contributed by atoms with Crippen LogP contribution in [0.4, 0.5) is 0 Å². The first-order valence-corrected chi connectivity index (χ1v) is 6.92. The summed E-state index contributed by atoms with van der Waals surface area (Å²) in [5, 5.41) is 3.29. The molecule has 4 heteroatoms. The van der Waals surface area contributed by atoms with Gasteiger partial charge in [0.1, 0.15) is 9.84 Å². The molecule has 0 unspecified atom stereocenters. The molecule has 1 saturated carbocycles. The lowest BCUT2D eigenvalue weighted by molar-refractivity contribution is 0.449. The van der Waals surface area contributed by atoms with Crippen molar-refractivity contribution in [2.75, 3.05) is 25.1 Å². The molecule has 0 saturated heterocycles. The maximum Gasteiger partial charge on any atom is 0.147 e. The molecule has 0 heterocycles. The van der Waals surface area contributed by atoms with Gasteiger partial charge in [-0.1, -0.05) is 6.92 Å². The Morgan fingerprint density at radius 2 is 2.00 bits per heavy atom. The number of hydrogen-bond donors (Lipinski definition) is 1. The molecular weight excluding hydrogens is 186 g/mol. The minimum Gasteiger partial charge on any atom is -0.316 e. The average Bonchev–Trinajstić information content (AvgIpc) is 2.77. The normalized spacial score (nSPS) is 20.2. The van der Waals surface area contributed by atoms with Crippen LogP contribution in [0.25, 0.3) is 0 Å². The maximum atomic E-state index is 11.0. The summed E-state index contributed by atoms with van der Waals surface area (Å²) in [5.74, 6) is 0.346. The van der Waals surface area contributed by atoms with Gasteiger partial charge in [0.2, 0.25) is 0 Å². The topological polar surface area (TPSA) is 46.2 Å². The predicted octanol–water partition coefficient (Wildman–Crippen LogP) is 0.811. The van der Waals surface area contributed by atoms with Crippen LogP contribution in [-0.4, -0.2) is 33.5 Å². The van der Waals surface area contributed by atoms with E-state index >= 15 is 0 Å². The van der Waals surface area contributed by atoms with Gasteiger partial charge in [-0.3, -0.25) is 0 Å². The van der Waals surface area contributed by atoms with Crippen LogP contribution in [0.1, 0.15) is 26.2 Å². The zero-order valence-electron chi connectivity index (χ0n) is 8.47. The Kier molecular flexibility index (Phi) is 3.35. The average molecular weight is 205 g/mol. The van der Waals surface area contributed by atoms with E-state index in [1.807, 2.05) is 0 Å². The first-order chi connectivity index (χ1) is 5.97. The zero-order chi connectivity index (χ0) is 9.95. The van der Waals surface area contributed by atoms with Crippen LogP contribution in [0, 0.1) is 5.41 Å². The molecule has 0 aromatic heterocycles. The molecule has 78 valence electrons. The summed E-state index contributed by atoms with van der Waals surface area (Å²) in [6.07, 6.45) is 4.53. The molecule has 1 fully saturated rings. The van der Waals surface area contributed by atoms with Crippen LogP contribution in [0.5, 0.6) is 0 Å². The van der Waals surface area contributed by atoms with E-state index in [1.165, 1.54) is 19.1 Å². The summed E-state index contributed by atoms with van der Waals surface area (Å²) in [7, 11) is -2.77. The fourth-order valence-corrected chi connectivity index (χ4v) is 2.29. The van der Waals surface area contributed by atoms with Crippen molar-refractivity contribution in [1.82, 2.24) is 5.32 Å². The summed E-state index contributed by atoms with van der Waals surface area (Å²) >= 11 is 0. The smallest absolute Gasteiger partial charge is 0.147 e. The van der Waals surface area contributed by atoms with Gasteiger partial charge in [0.15, 0.2) is 0 Å². The van der Waals surface area contributed by atoms with E-state index in [9.17, 15) is 8.42 Å². The van der Waals surface area contributed by atoms with Crippen molar-refractivity contribution in [3.05, 3.63) is 0 Å². The molecule has 0 aliphatic heterocycles. The Morgan fingerprint density at radius 1 is 1.38 bits per heavy atom. The minimum atomic E-state index is -2.77. The lowest BCUT2D eigenvalue weighted by Crippen LogP contribution is -2.25. The van der Waals surface area contributed by atoms with Gasteiger partial charge in [-0.25, -0.2) is 8.42 Å². The quantitative estimate of drug-likeness (QED) is 0.698. The monoisotopic (exact) mass is 205 g/mol. The second-order valence-corrected chi connectivity index (χ2v) is 6.42. The molecule has 0 aromatic carbocycles. The molecule has 0 spiro atoms. The summed E-state index contributed by atoms with van der Waals surface area (Å²) in [5.41, 5.74) is 0.319. The molecule has 0 radical (unpaired) electrons. The molecule has 0 bridgehead atoms. The van der Waals surface area contributed by atoms with E-state index in [2.05, 4.69) is 12.2 Å². The lowest BCUT2D eigenvalue weighted by Gasteiger charge is -2.14. The van der Waals surface area contributed by atoms with Crippen LogP contribution in [0.15, 0.2) is 0 Å². The van der Waals surface area contributed by atoms with E-state index < -0.39 is 9.84 Å². The van der Waals surface area contributed by atoms with Crippen LogP contribution in [-0.2, 0) is 9.84 Å². The second kappa shape index (κ2) is 3.96. The third-order valence-corrected chi connectivity index (χ3v) is 3.66. The van der Waals surface area contributed by atoms with Crippen LogP contribution < -0.4 is 5.32 Å². The zero-order valence-corrected chi connectivity index (χ0v) is 9.28. The fraction of sp³-hybridized carbons (Fsp3) is 1.00. The van der Waals surface area contributed by atoms with E-state index in [4.69, 9.17) is 0 Å². The van der Waals surface area contributed by atoms with Crippen molar-refractivity contribution in [3.63, 3.8) is 0 Å². The van der Waals surface area contributed by atoms with Crippen molar-refractivity contribution in [2.24, 2.45) is 5.41 Å². The van der Waals surface area contributed by atoms with Crippen molar-refractivity contribution in [3.8, 4) is 0 Å². The molecule has 1 aliphatic rings. The summed E-state index contributed by atoms with van der Waals surface area (Å²) in [6.45, 7) is 4.03. The van der Waals surface area contributed by atoms with Gasteiger partial charge in [0.25, 0.3) is 0 Å². The van der Waals surface area contributed by atoms with Gasteiger partial charge in [-0.15, -0.1) is 0 Å². The first kappa shape index (κ1) is 11.0. The van der Waals surface area contributed by atoms with Gasteiger partial charge in [-0.2, -0.15) is 0 Å². The predicted molar refractivity (Wildman–Crippen MR) is 54.5 cm³/mol. The molecule has 13 heavy (non-hydrogen) atoms. The van der Waals surface area contributed by atoms with Crippen molar-refractivity contribution in [2.45, 2.75) is 26.2 Å². The summed E-state index contributed by atoms with van der Waals surface area (Å²) < 4.78 is 21.9. The Labute approximate surface area is 80.8 Å². The van der Waals surface area contributed by atoms with E-state index in [1.54, 1.807) is 0 Å². The van der Waals surface area contributed by atoms with E-state index in [0.29, 0.717) is 11.2 Å². The van der Waals surface area contributed by atoms with Crippen LogP contribution in [0.2, 0.25) is 0 Å². The molecule has 0 atom stereocenters. The SMILES string of the molecule is CCNCC1(CCS(C)(=O)=O)CC1. The highest BCUT2D eigenvalue weighted by molar-refractivity contribution is 7.90. The molecule has 0 aromatic rings. The van der Waals surface area contributed by atoms with Crippen molar-refractivity contribution in [1.29, 1.82) is 0 Å². The second-order valence-electron chi connectivity index (χ2n) is 4.16. The van der Waals surface area contributed by atoms with Crippen LogP contribution in [0.3, 0.4) is 0 Å². The molecular formula is C9H19NO2S. The van der Waals surface area contributed by atoms with Crippen molar-refractivity contribution < 1.29 is 8.42 Å². The molecule has 1 rings (SSSR count). The first-order valence-electron chi connectivity index (χ1n) is 4.86. The molecule has 1 aliphatic carbocycles. The Balaban J connectivity index is 2.28. The summed E-state index contributed by atoms with van der Waals surface area (Å²) in [6, 6.07) is 0. The Hall–Kier alpha value is -0.0900. The molecule has 0 amide bonds. The highest BCUT2D eigenvalue weighted by atomic mass is 32.2. The van der Waals surface area contributed by atoms with Gasteiger partial charge < -0.3 is 5.32 Å². The van der Waals surface area contributed by atoms with Crippen molar-refractivity contribution >= 4 is 9.84 Å². The largest absolute Gasteiger partial charge is 0.316 e. The number of nitrogens with one attached hydrogen (secondary N) is 1. The van der Waals surface area contributed by atoms with Gasteiger partial charge >= 0.3 is 0 Å². The third kappa shape index (κ3) is 4.09. The van der Waals surface area contributed by atoms with Gasteiger partial charge in [0, 0.05) is 12.8 Å². The standard InChI is InChI=1S/C9H19NO2S/c1-3-10-8-9(4-5-9)6-7-13(2,11)12/h10H,3-8H2,1-2H3. The van der Waals surface area contributed by atoms with Gasteiger partial charge in [-0.05, 0) is 31.2 Å². The highest BCUT2D eigenvalue weighted by Gasteiger charge is 2.41. The Morgan fingerprint density at radius 3 is 2.38 bits per heavy atom. The number of rotatable bonds is 6. The fourth-order valence-electron chi connectivity index (χ4n) is 1.48. The van der Waals surface area contributed by atoms with E-state index in [-0.39, 0.29) is 0 Å². The van der Waals surface area contributed by atoms with Crippen LogP contribution >= 0.6 is 0 Å². The summed E-state index contributed by atoms with van der Waals surface area (Å²) in [4.78, 5) is 0. The van der Waals surface area contributed by atoms with E-state index in [0.717, 1.165) is 19.5 Å². The Bertz CT molecular complexity index is 255. The minimum absolute atomic E-state index is 0.319.